The molecular formula is C18H22N6O. The van der Waals surface area contributed by atoms with Crippen LogP contribution >= 0.6 is 0 Å². The number of piperidine rings is 1. The quantitative estimate of drug-likeness (QED) is 0.711. The van der Waals surface area contributed by atoms with Crippen molar-refractivity contribution in [1.82, 2.24) is 29.6 Å². The first-order valence-electron chi connectivity index (χ1n) is 8.74. The number of ether oxygens (including phenoxy) is 1. The van der Waals surface area contributed by atoms with Gasteiger partial charge in [0.2, 0.25) is 5.88 Å². The van der Waals surface area contributed by atoms with E-state index in [1.165, 1.54) is 32.4 Å². The monoisotopic (exact) mass is 338 g/mol. The van der Waals surface area contributed by atoms with Crippen molar-refractivity contribution in [3.8, 4) is 17.1 Å². The van der Waals surface area contributed by atoms with Crippen LogP contribution in [-0.4, -0.2) is 56.4 Å². The molecule has 1 aliphatic heterocycles. The van der Waals surface area contributed by atoms with Gasteiger partial charge >= 0.3 is 0 Å². The molecule has 0 spiro atoms. The van der Waals surface area contributed by atoms with E-state index in [0.717, 1.165) is 35.4 Å². The van der Waals surface area contributed by atoms with E-state index in [1.807, 2.05) is 23.0 Å². The molecule has 7 heteroatoms. The van der Waals surface area contributed by atoms with E-state index < -0.39 is 0 Å². The van der Waals surface area contributed by atoms with Gasteiger partial charge in [0.05, 0.1) is 30.9 Å². The highest BCUT2D eigenvalue weighted by Crippen LogP contribution is 2.25. The third-order valence-corrected chi connectivity index (χ3v) is 4.73. The Kier molecular flexibility index (Phi) is 4.56. The van der Waals surface area contributed by atoms with Crippen LogP contribution < -0.4 is 4.74 Å². The first-order valence-corrected chi connectivity index (χ1v) is 8.74. The summed E-state index contributed by atoms with van der Waals surface area (Å²) in [5.74, 6) is 0.589. The van der Waals surface area contributed by atoms with Gasteiger partial charge in [-0.1, -0.05) is 6.42 Å². The smallest absolute Gasteiger partial charge is 0.212 e. The second kappa shape index (κ2) is 7.14. The van der Waals surface area contributed by atoms with Gasteiger partial charge in [0, 0.05) is 24.4 Å². The van der Waals surface area contributed by atoms with Crippen LogP contribution in [0.25, 0.3) is 22.3 Å². The molecule has 1 aliphatic rings. The summed E-state index contributed by atoms with van der Waals surface area (Å²) in [7, 11) is 1.61. The minimum absolute atomic E-state index is 0.589. The fraction of sp³-hybridized carbons (Fsp3) is 0.444. The minimum atomic E-state index is 0.589. The van der Waals surface area contributed by atoms with Gasteiger partial charge in [-0.05, 0) is 32.0 Å². The van der Waals surface area contributed by atoms with Crippen molar-refractivity contribution in [2.24, 2.45) is 0 Å². The lowest BCUT2D eigenvalue weighted by molar-refractivity contribution is 0.219. The maximum absolute atomic E-state index is 5.12. The number of rotatable bonds is 5. The number of methoxy groups -OCH3 is 1. The second-order valence-corrected chi connectivity index (χ2v) is 6.32. The SMILES string of the molecule is COc1ccc(-c2ncnc3c2cnn3CCN2CCCCC2)cn1. The number of aromatic nitrogens is 5. The zero-order valence-corrected chi connectivity index (χ0v) is 14.4. The van der Waals surface area contributed by atoms with Gasteiger partial charge in [0.15, 0.2) is 5.65 Å². The summed E-state index contributed by atoms with van der Waals surface area (Å²) >= 11 is 0. The Morgan fingerprint density at radius 3 is 2.64 bits per heavy atom. The summed E-state index contributed by atoms with van der Waals surface area (Å²) in [6.07, 6.45) is 9.18. The third kappa shape index (κ3) is 3.32. The van der Waals surface area contributed by atoms with Gasteiger partial charge in [-0.2, -0.15) is 5.10 Å². The molecule has 1 saturated heterocycles. The largest absolute Gasteiger partial charge is 0.481 e. The third-order valence-electron chi connectivity index (χ3n) is 4.73. The van der Waals surface area contributed by atoms with Crippen molar-refractivity contribution in [3.05, 3.63) is 30.9 Å². The van der Waals surface area contributed by atoms with Crippen LogP contribution in [0.4, 0.5) is 0 Å². The molecule has 4 rings (SSSR count). The van der Waals surface area contributed by atoms with Crippen LogP contribution in [0.15, 0.2) is 30.9 Å². The number of pyridine rings is 1. The van der Waals surface area contributed by atoms with Crippen LogP contribution in [0.3, 0.4) is 0 Å². The lowest BCUT2D eigenvalue weighted by Gasteiger charge is -2.26. The zero-order chi connectivity index (χ0) is 17.1. The molecule has 3 aromatic rings. The molecular weight excluding hydrogens is 316 g/mol. The van der Waals surface area contributed by atoms with E-state index in [0.29, 0.717) is 5.88 Å². The van der Waals surface area contributed by atoms with E-state index in [9.17, 15) is 0 Å². The summed E-state index contributed by atoms with van der Waals surface area (Å²) in [6.45, 7) is 4.24. The number of nitrogens with zero attached hydrogens (tertiary/aromatic N) is 6. The van der Waals surface area contributed by atoms with E-state index >= 15 is 0 Å². The van der Waals surface area contributed by atoms with E-state index in [2.05, 4.69) is 25.0 Å². The Balaban J connectivity index is 1.58. The molecule has 0 N–H and O–H groups in total. The number of likely N-dealkylation sites (tertiary alicyclic amines) is 1. The highest BCUT2D eigenvalue weighted by molar-refractivity contribution is 5.89. The summed E-state index contributed by atoms with van der Waals surface area (Å²) in [5, 5.41) is 5.49. The van der Waals surface area contributed by atoms with Crippen molar-refractivity contribution >= 4 is 11.0 Å². The van der Waals surface area contributed by atoms with Gasteiger partial charge in [-0.15, -0.1) is 0 Å². The number of hydrogen-bond acceptors (Lipinski definition) is 6. The van der Waals surface area contributed by atoms with Crippen molar-refractivity contribution in [2.75, 3.05) is 26.7 Å². The molecule has 0 amide bonds. The molecule has 3 aromatic heterocycles. The van der Waals surface area contributed by atoms with Crippen LogP contribution in [-0.2, 0) is 6.54 Å². The Hall–Kier alpha value is -2.54. The molecule has 0 aliphatic carbocycles. The molecule has 0 atom stereocenters. The molecule has 0 bridgehead atoms. The Morgan fingerprint density at radius 2 is 1.88 bits per heavy atom. The van der Waals surface area contributed by atoms with Crippen molar-refractivity contribution in [1.29, 1.82) is 0 Å². The number of fused-ring (bicyclic) bond motifs is 1. The van der Waals surface area contributed by atoms with Crippen LogP contribution in [0, 0.1) is 0 Å². The highest BCUT2D eigenvalue weighted by Gasteiger charge is 2.14. The minimum Gasteiger partial charge on any atom is -0.481 e. The standard InChI is InChI=1S/C18H22N6O/c1-25-16-6-5-14(11-19-16)17-15-12-22-24(18(15)21-13-20-17)10-9-23-7-3-2-4-8-23/h5-6,11-13H,2-4,7-10H2,1H3. The molecule has 130 valence electrons. The Morgan fingerprint density at radius 1 is 1.00 bits per heavy atom. The van der Waals surface area contributed by atoms with Gasteiger partial charge < -0.3 is 9.64 Å². The Bertz CT molecular complexity index is 838. The van der Waals surface area contributed by atoms with Gasteiger partial charge in [0.25, 0.3) is 0 Å². The summed E-state index contributed by atoms with van der Waals surface area (Å²) in [5.41, 5.74) is 2.66. The van der Waals surface area contributed by atoms with Gasteiger partial charge in [0.1, 0.15) is 6.33 Å². The first-order chi connectivity index (χ1) is 12.3. The van der Waals surface area contributed by atoms with Crippen molar-refractivity contribution in [2.45, 2.75) is 25.8 Å². The van der Waals surface area contributed by atoms with Crippen LogP contribution in [0.5, 0.6) is 5.88 Å². The lowest BCUT2D eigenvalue weighted by Crippen LogP contribution is -2.32. The number of hydrogen-bond donors (Lipinski definition) is 0. The molecule has 0 aromatic carbocycles. The maximum atomic E-state index is 5.12. The fourth-order valence-corrected chi connectivity index (χ4v) is 3.35. The molecule has 7 nitrogen and oxygen atoms in total. The molecule has 0 radical (unpaired) electrons. The van der Waals surface area contributed by atoms with E-state index in [4.69, 9.17) is 4.74 Å². The molecule has 4 heterocycles. The lowest BCUT2D eigenvalue weighted by atomic mass is 10.1. The zero-order valence-electron chi connectivity index (χ0n) is 14.4. The summed E-state index contributed by atoms with van der Waals surface area (Å²) in [6, 6.07) is 3.79. The molecule has 1 fully saturated rings. The molecule has 25 heavy (non-hydrogen) atoms. The van der Waals surface area contributed by atoms with Crippen LogP contribution in [0.1, 0.15) is 19.3 Å². The van der Waals surface area contributed by atoms with Crippen LogP contribution in [0.2, 0.25) is 0 Å². The highest BCUT2D eigenvalue weighted by atomic mass is 16.5. The molecule has 0 saturated carbocycles. The molecule has 0 unspecified atom stereocenters. The van der Waals surface area contributed by atoms with Crippen molar-refractivity contribution in [3.63, 3.8) is 0 Å². The topological polar surface area (TPSA) is 69.0 Å². The van der Waals surface area contributed by atoms with Gasteiger partial charge in [-0.25, -0.2) is 19.6 Å². The summed E-state index contributed by atoms with van der Waals surface area (Å²) in [4.78, 5) is 15.7. The fourth-order valence-electron chi connectivity index (χ4n) is 3.35. The van der Waals surface area contributed by atoms with E-state index in [1.54, 1.807) is 19.6 Å². The normalized spacial score (nSPS) is 15.6. The van der Waals surface area contributed by atoms with Gasteiger partial charge in [-0.3, -0.25) is 0 Å². The predicted molar refractivity (Wildman–Crippen MR) is 95.4 cm³/mol. The predicted octanol–water partition coefficient (Wildman–Crippen LogP) is 2.38. The van der Waals surface area contributed by atoms with E-state index in [-0.39, 0.29) is 0 Å². The Labute approximate surface area is 146 Å². The maximum Gasteiger partial charge on any atom is 0.212 e. The second-order valence-electron chi connectivity index (χ2n) is 6.32. The average Bonchev–Trinajstić information content (AvgIpc) is 3.10. The average molecular weight is 338 g/mol. The van der Waals surface area contributed by atoms with Crippen molar-refractivity contribution < 1.29 is 4.74 Å². The summed E-state index contributed by atoms with van der Waals surface area (Å²) < 4.78 is 7.10. The first kappa shape index (κ1) is 16.0.